The van der Waals surface area contributed by atoms with Crippen LogP contribution in [0.25, 0.3) is 93.2 Å². The topological polar surface area (TPSA) is 35.2 Å². The predicted octanol–water partition coefficient (Wildman–Crippen LogP) is 19.5. The smallest absolute Gasteiger partial charge is 0.135 e. The van der Waals surface area contributed by atoms with Gasteiger partial charge in [-0.3, -0.25) is 0 Å². The molecule has 0 N–H and O–H groups in total. The Labute approximate surface area is 472 Å². The quantitative estimate of drug-likeness (QED) is 0.156. The van der Waals surface area contributed by atoms with Crippen molar-refractivity contribution >= 4 is 76.5 Å². The van der Waals surface area contributed by atoms with Gasteiger partial charge >= 0.3 is 0 Å². The van der Waals surface area contributed by atoms with E-state index in [0.717, 1.165) is 55.4 Å². The van der Waals surface area contributed by atoms with Crippen LogP contribution in [0.1, 0.15) is 79.0 Å². The molecular formula is C72H61N4OPt-3. The Balaban J connectivity index is 0.00000609. The van der Waals surface area contributed by atoms with Crippen LogP contribution in [0.3, 0.4) is 0 Å². The van der Waals surface area contributed by atoms with Crippen LogP contribution in [-0.4, -0.2) is 14.1 Å². The number of ether oxygens (including phenoxy) is 1. The molecule has 3 aromatic heterocycles. The van der Waals surface area contributed by atoms with Gasteiger partial charge in [0.05, 0.1) is 0 Å². The molecule has 0 radical (unpaired) electrons. The molecule has 78 heavy (non-hydrogen) atoms. The van der Waals surface area contributed by atoms with Crippen molar-refractivity contribution in [1.29, 1.82) is 0 Å². The van der Waals surface area contributed by atoms with E-state index in [1.807, 2.05) is 18.3 Å². The molecule has 0 aliphatic carbocycles. The van der Waals surface area contributed by atoms with Gasteiger partial charge in [-0.1, -0.05) is 207 Å². The first-order valence-corrected chi connectivity index (χ1v) is 26.8. The standard InChI is InChI=1S/C72H61N4O.Pt/c1-70(2,3)49-35-36-73-67(42-49)76-64-31-18-17-29-59(64)60-34-33-54(44-66(60)76)77-53-24-19-23-52(43-53)74-45-75-68-62(48-37-47(46-21-11-10-12-22-46)38-50(39-48)71(4,5)6)40-51(72(7,8)9)41-63(68)58-28-16-14-26-56(58)55-25-13-15-27-57(55)61-30-20-32-65(74)69(61)75;/h10-42,45H,1-9H3;/q-3;. The fraction of sp³-hybridized carbons (Fsp3) is 0.167. The molecule has 388 valence electrons. The second kappa shape index (κ2) is 19.1. The van der Waals surface area contributed by atoms with E-state index in [1.165, 1.54) is 65.9 Å². The molecule has 0 saturated carbocycles. The van der Waals surface area contributed by atoms with Crippen LogP contribution >= 0.6 is 0 Å². The molecular weight excluding hydrogens is 1130 g/mol. The van der Waals surface area contributed by atoms with Crippen LogP contribution in [0.15, 0.2) is 200 Å². The molecule has 6 heteroatoms. The van der Waals surface area contributed by atoms with Gasteiger partial charge in [-0.25, -0.2) is 4.98 Å². The minimum absolute atomic E-state index is 0. The maximum absolute atomic E-state index is 6.84. The van der Waals surface area contributed by atoms with Crippen molar-refractivity contribution in [2.45, 2.75) is 78.6 Å². The second-order valence-electron chi connectivity index (χ2n) is 23.8. The molecule has 0 saturated heterocycles. The van der Waals surface area contributed by atoms with E-state index in [4.69, 9.17) is 9.72 Å². The van der Waals surface area contributed by atoms with Crippen LogP contribution in [0.5, 0.6) is 11.5 Å². The van der Waals surface area contributed by atoms with Crippen molar-refractivity contribution in [3.05, 3.63) is 236 Å². The molecule has 0 atom stereocenters. The first kappa shape index (κ1) is 50.7. The van der Waals surface area contributed by atoms with Crippen molar-refractivity contribution < 1.29 is 25.8 Å². The Morgan fingerprint density at radius 2 is 1.03 bits per heavy atom. The summed E-state index contributed by atoms with van der Waals surface area (Å²) in [7, 11) is 0. The summed E-state index contributed by atoms with van der Waals surface area (Å²) in [5, 5.41) is 9.29. The van der Waals surface area contributed by atoms with Gasteiger partial charge in [-0.15, -0.1) is 35.7 Å². The number of hydrogen-bond donors (Lipinski definition) is 0. The molecule has 0 bridgehead atoms. The van der Waals surface area contributed by atoms with Gasteiger partial charge in [0.15, 0.2) is 0 Å². The van der Waals surface area contributed by atoms with E-state index < -0.39 is 0 Å². The molecule has 0 fully saturated rings. The molecule has 0 spiro atoms. The second-order valence-corrected chi connectivity index (χ2v) is 23.8. The first-order chi connectivity index (χ1) is 37.1. The monoisotopic (exact) mass is 1190 g/mol. The Morgan fingerprint density at radius 1 is 0.436 bits per heavy atom. The maximum Gasteiger partial charge on any atom is 0.135 e. The zero-order valence-electron chi connectivity index (χ0n) is 45.6. The maximum atomic E-state index is 6.84. The minimum atomic E-state index is -0.162. The third-order valence-electron chi connectivity index (χ3n) is 15.5. The van der Waals surface area contributed by atoms with Crippen LogP contribution in [0.2, 0.25) is 0 Å². The van der Waals surface area contributed by atoms with Gasteiger partial charge in [0.2, 0.25) is 0 Å². The Morgan fingerprint density at radius 3 is 1.73 bits per heavy atom. The number of hydrogen-bond acceptors (Lipinski definition) is 3. The van der Waals surface area contributed by atoms with E-state index in [0.29, 0.717) is 11.5 Å². The summed E-state index contributed by atoms with van der Waals surface area (Å²) in [6, 6.07) is 78.1. The summed E-state index contributed by atoms with van der Waals surface area (Å²) in [6.45, 7) is 22.9. The van der Waals surface area contributed by atoms with Crippen molar-refractivity contribution in [2.24, 2.45) is 0 Å². The predicted molar refractivity (Wildman–Crippen MR) is 324 cm³/mol. The van der Waals surface area contributed by atoms with E-state index >= 15 is 0 Å². The molecule has 13 rings (SSSR count). The van der Waals surface area contributed by atoms with Gasteiger partial charge < -0.3 is 18.8 Å². The van der Waals surface area contributed by atoms with Crippen LogP contribution in [0, 0.1) is 18.8 Å². The summed E-state index contributed by atoms with van der Waals surface area (Å²) in [6.07, 6.45) is 1.91. The molecule has 0 amide bonds. The van der Waals surface area contributed by atoms with Crippen molar-refractivity contribution in [3.63, 3.8) is 0 Å². The summed E-state index contributed by atoms with van der Waals surface area (Å²) < 4.78 is 11.5. The SMILES string of the molecule is CC(C)(C)c1cc(-c2ccccc2)cc(-c2cc(C(C)(C)C)cc3c4ccccc4c4ccccc4c4cccc5c4n(c23)[CH-]N5c2[c-]c(Oc3[c-]c4c(cc3)c3ccccc3n4-c3cc(C(C)(C)C)ccn3)ccc2)c1.[Pt]. The number of fused-ring (bicyclic) bond motifs is 10. The summed E-state index contributed by atoms with van der Waals surface area (Å²) >= 11 is 0. The number of para-hydroxylation sites is 2. The average molecular weight is 1190 g/mol. The number of pyridine rings is 1. The zero-order valence-corrected chi connectivity index (χ0v) is 47.9. The first-order valence-electron chi connectivity index (χ1n) is 26.8. The van der Waals surface area contributed by atoms with E-state index in [-0.39, 0.29) is 37.3 Å². The Bertz CT molecular complexity index is 4410. The number of aromatic nitrogens is 3. The van der Waals surface area contributed by atoms with Gasteiger partial charge in [0.1, 0.15) is 5.82 Å². The summed E-state index contributed by atoms with van der Waals surface area (Å²) in [5.74, 6) is 2.03. The molecule has 0 unspecified atom stereocenters. The molecule has 4 heterocycles. The van der Waals surface area contributed by atoms with E-state index in [2.05, 4.69) is 277 Å². The fourth-order valence-electron chi connectivity index (χ4n) is 11.4. The third kappa shape index (κ3) is 8.79. The molecule has 1 aliphatic rings. The van der Waals surface area contributed by atoms with Gasteiger partial charge in [-0.2, -0.15) is 12.1 Å². The van der Waals surface area contributed by atoms with Crippen LogP contribution < -0.4 is 9.64 Å². The third-order valence-corrected chi connectivity index (χ3v) is 15.5. The van der Waals surface area contributed by atoms with E-state index in [9.17, 15) is 0 Å². The van der Waals surface area contributed by atoms with Crippen molar-refractivity contribution in [2.75, 3.05) is 4.90 Å². The minimum Gasteiger partial charge on any atom is -0.509 e. The van der Waals surface area contributed by atoms with E-state index in [1.54, 1.807) is 0 Å². The van der Waals surface area contributed by atoms with Crippen molar-refractivity contribution in [3.8, 4) is 39.6 Å². The largest absolute Gasteiger partial charge is 0.509 e. The summed E-state index contributed by atoms with van der Waals surface area (Å²) in [4.78, 5) is 7.20. The molecule has 9 aromatic carbocycles. The number of benzene rings is 9. The molecule has 12 aromatic rings. The van der Waals surface area contributed by atoms with Crippen LogP contribution in [0.4, 0.5) is 11.4 Å². The van der Waals surface area contributed by atoms with Gasteiger partial charge in [0, 0.05) is 50.0 Å². The zero-order chi connectivity index (χ0) is 53.0. The number of nitrogens with zero attached hydrogens (tertiary/aromatic N) is 4. The number of rotatable bonds is 6. The molecule has 1 aliphatic heterocycles. The Kier molecular flexibility index (Phi) is 12.4. The van der Waals surface area contributed by atoms with Crippen molar-refractivity contribution in [1.82, 2.24) is 14.1 Å². The normalized spacial score (nSPS) is 12.7. The summed E-state index contributed by atoms with van der Waals surface area (Å²) in [5.41, 5.74) is 14.3. The Hall–Kier alpha value is -8.11. The van der Waals surface area contributed by atoms with Gasteiger partial charge in [-0.05, 0) is 141 Å². The van der Waals surface area contributed by atoms with Crippen LogP contribution in [-0.2, 0) is 37.3 Å². The fourth-order valence-corrected chi connectivity index (χ4v) is 11.4. The van der Waals surface area contributed by atoms with Gasteiger partial charge in [0.25, 0.3) is 0 Å². The average Bonchev–Trinajstić information content (AvgIpc) is 4.21. The number of anilines is 2. The molecule has 5 nitrogen and oxygen atoms in total.